The van der Waals surface area contributed by atoms with Crippen molar-refractivity contribution in [1.82, 2.24) is 25.5 Å². The second-order valence-corrected chi connectivity index (χ2v) is 4.39. The summed E-state index contributed by atoms with van der Waals surface area (Å²) in [6, 6.07) is 10.2. The topological polar surface area (TPSA) is 72.7 Å². The third-order valence-electron chi connectivity index (χ3n) is 2.89. The van der Waals surface area contributed by atoms with E-state index in [0.717, 1.165) is 5.56 Å². The summed E-state index contributed by atoms with van der Waals surface area (Å²) in [6.07, 6.45) is 1.22. The molecule has 1 atom stereocenters. The van der Waals surface area contributed by atoms with Gasteiger partial charge in [-0.15, -0.1) is 10.2 Å². The molecule has 18 heavy (non-hydrogen) atoms. The summed E-state index contributed by atoms with van der Waals surface area (Å²) in [6.45, 7) is 0.616. The van der Waals surface area contributed by atoms with E-state index in [1.54, 1.807) is 4.80 Å². The highest BCUT2D eigenvalue weighted by Crippen LogP contribution is 2.08. The molecule has 1 unspecified atom stereocenters. The lowest BCUT2D eigenvalue weighted by molar-refractivity contribution is -0.128. The van der Waals surface area contributed by atoms with Gasteiger partial charge in [-0.1, -0.05) is 30.3 Å². The number of β-lactam (4-membered cyclic amide) rings is 1. The Labute approximate surface area is 104 Å². The summed E-state index contributed by atoms with van der Waals surface area (Å²) in [5.74, 6) is 0.771. The van der Waals surface area contributed by atoms with Crippen LogP contribution in [0.4, 0.5) is 0 Å². The van der Waals surface area contributed by atoms with Crippen molar-refractivity contribution in [2.45, 2.75) is 25.4 Å². The zero-order valence-electron chi connectivity index (χ0n) is 9.78. The lowest BCUT2D eigenvalue weighted by Crippen LogP contribution is -2.49. The van der Waals surface area contributed by atoms with E-state index < -0.39 is 0 Å². The first-order valence-electron chi connectivity index (χ1n) is 5.89. The maximum Gasteiger partial charge on any atom is 0.222 e. The van der Waals surface area contributed by atoms with Crippen LogP contribution < -0.4 is 5.32 Å². The van der Waals surface area contributed by atoms with Crippen molar-refractivity contribution in [3.8, 4) is 0 Å². The smallest absolute Gasteiger partial charge is 0.222 e. The van der Waals surface area contributed by atoms with E-state index in [2.05, 4.69) is 20.7 Å². The fraction of sp³-hybridized carbons (Fsp3) is 0.333. The summed E-state index contributed by atoms with van der Waals surface area (Å²) in [7, 11) is 0. The fourth-order valence-electron chi connectivity index (χ4n) is 1.95. The molecular weight excluding hydrogens is 230 g/mol. The largest absolute Gasteiger partial charge is 0.352 e. The Hall–Kier alpha value is -2.24. The maximum absolute atomic E-state index is 10.8. The van der Waals surface area contributed by atoms with Crippen LogP contribution >= 0.6 is 0 Å². The molecule has 92 valence electrons. The monoisotopic (exact) mass is 243 g/mol. The van der Waals surface area contributed by atoms with Crippen molar-refractivity contribution < 1.29 is 4.79 Å². The second kappa shape index (κ2) is 4.56. The van der Waals surface area contributed by atoms with Crippen LogP contribution in [0.5, 0.6) is 0 Å². The summed E-state index contributed by atoms with van der Waals surface area (Å²) < 4.78 is 0. The molecule has 1 aliphatic rings. The van der Waals surface area contributed by atoms with Crippen molar-refractivity contribution >= 4 is 5.91 Å². The van der Waals surface area contributed by atoms with E-state index in [1.807, 2.05) is 30.3 Å². The van der Waals surface area contributed by atoms with Gasteiger partial charge in [0.1, 0.15) is 0 Å². The summed E-state index contributed by atoms with van der Waals surface area (Å²) in [5.41, 5.74) is 1.14. The molecule has 1 aromatic heterocycles. The number of rotatable bonds is 4. The first-order chi connectivity index (χ1) is 8.79. The van der Waals surface area contributed by atoms with Gasteiger partial charge in [0.15, 0.2) is 5.82 Å². The van der Waals surface area contributed by atoms with Gasteiger partial charge < -0.3 is 5.32 Å². The number of carbonyl (C=O) groups is 1. The average molecular weight is 243 g/mol. The number of amides is 1. The minimum atomic E-state index is 0.0941. The van der Waals surface area contributed by atoms with Crippen LogP contribution in [0, 0.1) is 0 Å². The average Bonchev–Trinajstić information content (AvgIpc) is 2.76. The highest BCUT2D eigenvalue weighted by molar-refractivity contribution is 5.82. The van der Waals surface area contributed by atoms with E-state index in [0.29, 0.717) is 25.2 Å². The van der Waals surface area contributed by atoms with Gasteiger partial charge in [-0.2, -0.15) is 4.80 Å². The number of hydrogen-bond donors (Lipinski definition) is 1. The highest BCUT2D eigenvalue weighted by Gasteiger charge is 2.26. The Morgan fingerprint density at radius 2 is 2.11 bits per heavy atom. The Kier molecular flexibility index (Phi) is 2.76. The Bertz CT molecular complexity index is 543. The van der Waals surface area contributed by atoms with Crippen LogP contribution in [0.25, 0.3) is 0 Å². The van der Waals surface area contributed by atoms with Crippen molar-refractivity contribution in [2.24, 2.45) is 0 Å². The maximum atomic E-state index is 10.8. The number of tetrazole rings is 1. The molecule has 3 rings (SSSR count). The van der Waals surface area contributed by atoms with E-state index in [1.165, 1.54) is 0 Å². The lowest BCUT2D eigenvalue weighted by Gasteiger charge is -2.25. The zero-order chi connectivity index (χ0) is 12.4. The van der Waals surface area contributed by atoms with Gasteiger partial charge in [0.05, 0.1) is 6.54 Å². The molecule has 0 spiro atoms. The fourth-order valence-corrected chi connectivity index (χ4v) is 1.95. The molecule has 6 nitrogen and oxygen atoms in total. The van der Waals surface area contributed by atoms with Crippen LogP contribution in [0.1, 0.15) is 17.8 Å². The highest BCUT2D eigenvalue weighted by atomic mass is 16.2. The zero-order valence-corrected chi connectivity index (χ0v) is 9.78. The number of benzene rings is 1. The Morgan fingerprint density at radius 1 is 1.33 bits per heavy atom. The number of carbonyl (C=O) groups excluding carboxylic acids is 1. The van der Waals surface area contributed by atoms with Gasteiger partial charge >= 0.3 is 0 Å². The molecule has 1 aliphatic heterocycles. The second-order valence-electron chi connectivity index (χ2n) is 4.39. The van der Waals surface area contributed by atoms with Crippen molar-refractivity contribution in [1.29, 1.82) is 0 Å². The molecule has 0 saturated carbocycles. The third kappa shape index (κ3) is 2.37. The number of nitrogens with zero attached hydrogens (tertiary/aromatic N) is 4. The van der Waals surface area contributed by atoms with Gasteiger partial charge in [0.25, 0.3) is 0 Å². The van der Waals surface area contributed by atoms with E-state index in [9.17, 15) is 4.79 Å². The first kappa shape index (κ1) is 10.9. The van der Waals surface area contributed by atoms with Crippen molar-refractivity contribution in [2.75, 3.05) is 0 Å². The van der Waals surface area contributed by atoms with Gasteiger partial charge in [0, 0.05) is 18.9 Å². The molecule has 6 heteroatoms. The van der Waals surface area contributed by atoms with E-state index in [-0.39, 0.29) is 11.9 Å². The predicted octanol–water partition coefficient (Wildman–Crippen LogP) is 0.152. The van der Waals surface area contributed by atoms with Gasteiger partial charge in [-0.05, 0) is 10.8 Å². The molecule has 0 aliphatic carbocycles. The van der Waals surface area contributed by atoms with Crippen LogP contribution in [-0.4, -0.2) is 32.2 Å². The van der Waals surface area contributed by atoms with Gasteiger partial charge in [-0.25, -0.2) is 0 Å². The normalized spacial score (nSPS) is 18.2. The van der Waals surface area contributed by atoms with Crippen LogP contribution in [0.3, 0.4) is 0 Å². The standard InChI is InChI=1S/C12H13N5O/c18-12-7-10(13-12)6-11-14-16-17(15-11)8-9-4-2-1-3-5-9/h1-5,10H,6-8H2,(H,13,18). The molecule has 2 heterocycles. The van der Waals surface area contributed by atoms with Gasteiger partial charge in [0.2, 0.25) is 5.91 Å². The molecule has 2 aromatic rings. The minimum absolute atomic E-state index is 0.0941. The Balaban J connectivity index is 1.61. The first-order valence-corrected chi connectivity index (χ1v) is 5.89. The quantitative estimate of drug-likeness (QED) is 0.776. The predicted molar refractivity (Wildman–Crippen MR) is 63.6 cm³/mol. The van der Waals surface area contributed by atoms with Crippen LogP contribution in [-0.2, 0) is 17.8 Å². The summed E-state index contributed by atoms with van der Waals surface area (Å²) >= 11 is 0. The molecule has 1 N–H and O–H groups in total. The molecule has 0 radical (unpaired) electrons. The number of nitrogens with one attached hydrogen (secondary N) is 1. The van der Waals surface area contributed by atoms with E-state index >= 15 is 0 Å². The van der Waals surface area contributed by atoms with Crippen molar-refractivity contribution in [3.05, 3.63) is 41.7 Å². The molecule has 1 saturated heterocycles. The van der Waals surface area contributed by atoms with Gasteiger partial charge in [-0.3, -0.25) is 4.79 Å². The number of aromatic nitrogens is 4. The summed E-state index contributed by atoms with van der Waals surface area (Å²) in [5, 5.41) is 15.1. The third-order valence-corrected chi connectivity index (χ3v) is 2.89. The Morgan fingerprint density at radius 3 is 2.83 bits per heavy atom. The molecule has 0 bridgehead atoms. The summed E-state index contributed by atoms with van der Waals surface area (Å²) in [4.78, 5) is 12.3. The molecule has 1 aromatic carbocycles. The lowest BCUT2D eigenvalue weighted by atomic mass is 10.0. The van der Waals surface area contributed by atoms with E-state index in [4.69, 9.17) is 0 Å². The van der Waals surface area contributed by atoms with Crippen LogP contribution in [0.15, 0.2) is 30.3 Å². The SMILES string of the molecule is O=C1CC(Cc2nnn(Cc3ccccc3)n2)N1. The van der Waals surface area contributed by atoms with Crippen LogP contribution in [0.2, 0.25) is 0 Å². The molecular formula is C12H13N5O. The molecule has 1 fully saturated rings. The van der Waals surface area contributed by atoms with Crippen molar-refractivity contribution in [3.63, 3.8) is 0 Å². The number of hydrogen-bond acceptors (Lipinski definition) is 4. The molecule has 1 amide bonds. The minimum Gasteiger partial charge on any atom is -0.352 e.